The number of hydrogen-bond acceptors (Lipinski definition) is 5. The van der Waals surface area contributed by atoms with Crippen molar-refractivity contribution in [1.29, 1.82) is 0 Å². The maximum absolute atomic E-state index is 13.0. The molecule has 0 saturated carbocycles. The molecule has 3 N–H and O–H groups in total. The number of carbonyl (C=O) groups is 2. The summed E-state index contributed by atoms with van der Waals surface area (Å²) in [6.45, 7) is 5.57. The number of pyridine rings is 1. The van der Waals surface area contributed by atoms with Crippen LogP contribution < -0.4 is 16.0 Å². The fourth-order valence-corrected chi connectivity index (χ4v) is 3.36. The molecule has 0 spiro atoms. The van der Waals surface area contributed by atoms with Gasteiger partial charge in [0.25, 0.3) is 5.91 Å². The Hall–Kier alpha value is -3.20. The monoisotopic (exact) mass is 367 g/mol. The number of nitrogens with zero attached hydrogens (tertiary/aromatic N) is 4. The molecule has 1 saturated heterocycles. The molecule has 140 valence electrons. The van der Waals surface area contributed by atoms with E-state index in [4.69, 9.17) is 0 Å². The van der Waals surface area contributed by atoms with E-state index in [0.717, 1.165) is 5.69 Å². The summed E-state index contributed by atoms with van der Waals surface area (Å²) in [7, 11) is 0. The summed E-state index contributed by atoms with van der Waals surface area (Å²) in [6.07, 6.45) is 1.69. The van der Waals surface area contributed by atoms with E-state index < -0.39 is 6.29 Å². The number of hydrogen-bond donors (Lipinski definition) is 3. The van der Waals surface area contributed by atoms with Crippen molar-refractivity contribution in [1.82, 2.24) is 29.8 Å². The lowest BCUT2D eigenvalue weighted by molar-refractivity contribution is -0.125. The summed E-state index contributed by atoms with van der Waals surface area (Å²) in [6, 6.07) is 7.35. The molecule has 4 heterocycles. The quantitative estimate of drug-likeness (QED) is 0.648. The molecule has 4 rings (SSSR count). The Kier molecular flexibility index (Phi) is 4.15. The minimum atomic E-state index is -0.520. The van der Waals surface area contributed by atoms with Crippen LogP contribution in [0.25, 0.3) is 5.65 Å². The van der Waals surface area contributed by atoms with Crippen LogP contribution in [0.15, 0.2) is 30.5 Å². The SMILES string of the molecule is Cc1cc(NC(=O)c2c(C)nc3ccccn23)n(C2NC(=O)CC(C)N2)n1. The van der Waals surface area contributed by atoms with E-state index in [2.05, 4.69) is 26.0 Å². The zero-order valence-electron chi connectivity index (χ0n) is 15.4. The summed E-state index contributed by atoms with van der Waals surface area (Å²) < 4.78 is 3.33. The Labute approximate surface area is 155 Å². The summed E-state index contributed by atoms with van der Waals surface area (Å²) in [4.78, 5) is 29.3. The first-order chi connectivity index (χ1) is 12.9. The Morgan fingerprint density at radius 3 is 2.93 bits per heavy atom. The molecule has 0 aromatic carbocycles. The van der Waals surface area contributed by atoms with Gasteiger partial charge in [0.1, 0.15) is 17.2 Å². The summed E-state index contributed by atoms with van der Waals surface area (Å²) in [5.41, 5.74) is 2.54. The number of nitrogens with one attached hydrogen (secondary N) is 3. The van der Waals surface area contributed by atoms with Gasteiger partial charge in [-0.2, -0.15) is 5.10 Å². The minimum absolute atomic E-state index is 0.0119. The Balaban J connectivity index is 1.66. The third kappa shape index (κ3) is 3.17. The average molecular weight is 367 g/mol. The summed E-state index contributed by atoms with van der Waals surface area (Å²) >= 11 is 0. The number of fused-ring (bicyclic) bond motifs is 1. The fraction of sp³-hybridized carbons (Fsp3) is 0.333. The molecule has 2 unspecified atom stereocenters. The van der Waals surface area contributed by atoms with Crippen molar-refractivity contribution in [3.8, 4) is 0 Å². The van der Waals surface area contributed by atoms with Crippen LogP contribution in [-0.4, -0.2) is 37.0 Å². The van der Waals surface area contributed by atoms with E-state index in [1.807, 2.05) is 32.0 Å². The lowest BCUT2D eigenvalue weighted by Crippen LogP contribution is -2.52. The lowest BCUT2D eigenvalue weighted by atomic mass is 10.2. The molecule has 0 radical (unpaired) electrons. The van der Waals surface area contributed by atoms with Gasteiger partial charge in [-0.25, -0.2) is 9.67 Å². The second-order valence-electron chi connectivity index (χ2n) is 6.79. The minimum Gasteiger partial charge on any atom is -0.322 e. The molecule has 1 aliphatic heterocycles. The highest BCUT2D eigenvalue weighted by atomic mass is 16.2. The van der Waals surface area contributed by atoms with Gasteiger partial charge in [0, 0.05) is 24.7 Å². The van der Waals surface area contributed by atoms with Gasteiger partial charge in [0.15, 0.2) is 6.29 Å². The van der Waals surface area contributed by atoms with Gasteiger partial charge >= 0.3 is 0 Å². The first-order valence-corrected chi connectivity index (χ1v) is 8.79. The third-order valence-electron chi connectivity index (χ3n) is 4.50. The number of aryl methyl sites for hydroxylation is 2. The second-order valence-corrected chi connectivity index (χ2v) is 6.79. The molecule has 0 bridgehead atoms. The number of rotatable bonds is 3. The van der Waals surface area contributed by atoms with Crippen LogP contribution >= 0.6 is 0 Å². The molecule has 9 heteroatoms. The van der Waals surface area contributed by atoms with Crippen molar-refractivity contribution >= 4 is 23.3 Å². The normalized spacial score (nSPS) is 19.9. The van der Waals surface area contributed by atoms with Gasteiger partial charge < -0.3 is 10.6 Å². The molecule has 1 aliphatic rings. The zero-order valence-corrected chi connectivity index (χ0v) is 15.4. The molecule has 0 aliphatic carbocycles. The van der Waals surface area contributed by atoms with Crippen LogP contribution in [0.3, 0.4) is 0 Å². The van der Waals surface area contributed by atoms with Gasteiger partial charge in [-0.1, -0.05) is 6.07 Å². The van der Waals surface area contributed by atoms with Gasteiger partial charge in [-0.3, -0.25) is 19.3 Å². The van der Waals surface area contributed by atoms with Gasteiger partial charge in [0.05, 0.1) is 11.4 Å². The zero-order chi connectivity index (χ0) is 19.1. The van der Waals surface area contributed by atoms with Crippen molar-refractivity contribution in [2.75, 3.05) is 5.32 Å². The Bertz CT molecular complexity index is 1040. The van der Waals surface area contributed by atoms with E-state index >= 15 is 0 Å². The van der Waals surface area contributed by atoms with Crippen molar-refractivity contribution in [2.24, 2.45) is 0 Å². The van der Waals surface area contributed by atoms with Crippen LogP contribution in [-0.2, 0) is 4.79 Å². The van der Waals surface area contributed by atoms with Crippen molar-refractivity contribution in [2.45, 2.75) is 39.5 Å². The highest BCUT2D eigenvalue weighted by Crippen LogP contribution is 2.19. The fourth-order valence-electron chi connectivity index (χ4n) is 3.36. The highest BCUT2D eigenvalue weighted by Gasteiger charge is 2.27. The topological polar surface area (TPSA) is 105 Å². The molecule has 3 aromatic heterocycles. The molecule has 1 fully saturated rings. The molecule has 9 nitrogen and oxygen atoms in total. The molecule has 2 atom stereocenters. The van der Waals surface area contributed by atoms with Crippen LogP contribution in [0.4, 0.5) is 5.82 Å². The first kappa shape index (κ1) is 17.2. The maximum atomic E-state index is 13.0. The van der Waals surface area contributed by atoms with Gasteiger partial charge in [-0.15, -0.1) is 0 Å². The maximum Gasteiger partial charge on any atom is 0.275 e. The third-order valence-corrected chi connectivity index (χ3v) is 4.50. The molecule has 2 amide bonds. The first-order valence-electron chi connectivity index (χ1n) is 8.79. The van der Waals surface area contributed by atoms with Crippen molar-refractivity contribution in [3.05, 3.63) is 47.5 Å². The summed E-state index contributed by atoms with van der Waals surface area (Å²) in [5, 5.41) is 13.4. The summed E-state index contributed by atoms with van der Waals surface area (Å²) in [5.74, 6) is 0.145. The van der Waals surface area contributed by atoms with Crippen LogP contribution in [0.1, 0.15) is 41.5 Å². The molecular formula is C18H21N7O2. The predicted molar refractivity (Wildman–Crippen MR) is 99.2 cm³/mol. The second kappa shape index (κ2) is 6.51. The van der Waals surface area contributed by atoms with Crippen molar-refractivity contribution in [3.63, 3.8) is 0 Å². The Morgan fingerprint density at radius 1 is 1.33 bits per heavy atom. The smallest absolute Gasteiger partial charge is 0.275 e. The molecular weight excluding hydrogens is 346 g/mol. The highest BCUT2D eigenvalue weighted by molar-refractivity contribution is 6.04. The largest absolute Gasteiger partial charge is 0.322 e. The van der Waals surface area contributed by atoms with Crippen molar-refractivity contribution < 1.29 is 9.59 Å². The molecule has 27 heavy (non-hydrogen) atoms. The van der Waals surface area contributed by atoms with Gasteiger partial charge in [-0.05, 0) is 32.9 Å². The number of imidazole rings is 1. The van der Waals surface area contributed by atoms with Gasteiger partial charge in [0.2, 0.25) is 5.91 Å². The van der Waals surface area contributed by atoms with E-state index in [0.29, 0.717) is 29.3 Å². The van der Waals surface area contributed by atoms with E-state index in [9.17, 15) is 9.59 Å². The van der Waals surface area contributed by atoms with Crippen LogP contribution in [0.5, 0.6) is 0 Å². The van der Waals surface area contributed by atoms with E-state index in [-0.39, 0.29) is 17.9 Å². The number of anilines is 1. The predicted octanol–water partition coefficient (Wildman–Crippen LogP) is 1.35. The lowest BCUT2D eigenvalue weighted by Gasteiger charge is -2.30. The average Bonchev–Trinajstić information content (AvgIpc) is 3.12. The van der Waals surface area contributed by atoms with E-state index in [1.165, 1.54) is 0 Å². The standard InChI is InChI=1S/C18H21N7O2/c1-10-9-15(26)22-18(19-10)25-14(8-11(2)23-25)21-17(27)16-12(3)20-13-6-4-5-7-24(13)16/h4-8,10,18-19H,9H2,1-3H3,(H,21,27)(H,22,26). The van der Waals surface area contributed by atoms with E-state index in [1.54, 1.807) is 28.3 Å². The number of aromatic nitrogens is 4. The number of carbonyl (C=O) groups excluding carboxylic acids is 2. The van der Waals surface area contributed by atoms with Crippen LogP contribution in [0.2, 0.25) is 0 Å². The molecule has 3 aromatic rings. The number of amides is 2. The van der Waals surface area contributed by atoms with Crippen LogP contribution in [0, 0.1) is 13.8 Å². The Morgan fingerprint density at radius 2 is 2.15 bits per heavy atom.